The second kappa shape index (κ2) is 7.93. The number of anilines is 1. The number of sulfonamides is 1. The van der Waals surface area contributed by atoms with Crippen LogP contribution in [0, 0.1) is 13.8 Å². The van der Waals surface area contributed by atoms with Gasteiger partial charge < -0.3 is 9.80 Å². The minimum Gasteiger partial charge on any atom is -0.378 e. The number of piperazine rings is 1. The van der Waals surface area contributed by atoms with Gasteiger partial charge >= 0.3 is 0 Å². The predicted octanol–water partition coefficient (Wildman–Crippen LogP) is 2.52. The van der Waals surface area contributed by atoms with Crippen molar-refractivity contribution >= 4 is 21.6 Å². The fraction of sp³-hybridized carbons (Fsp3) is 0.381. The van der Waals surface area contributed by atoms with Crippen LogP contribution in [0.1, 0.15) is 21.5 Å². The summed E-state index contributed by atoms with van der Waals surface area (Å²) in [5.74, 6) is -0.0627. The van der Waals surface area contributed by atoms with E-state index in [1.807, 2.05) is 63.2 Å². The van der Waals surface area contributed by atoms with Gasteiger partial charge in [-0.25, -0.2) is 8.42 Å². The number of nitrogens with zero attached hydrogens (tertiary/aromatic N) is 3. The van der Waals surface area contributed by atoms with Crippen molar-refractivity contribution in [3.05, 3.63) is 59.2 Å². The molecule has 1 amide bonds. The average Bonchev–Trinajstić information content (AvgIpc) is 2.67. The Labute approximate surface area is 167 Å². The molecule has 150 valence electrons. The smallest absolute Gasteiger partial charge is 0.254 e. The van der Waals surface area contributed by atoms with Crippen LogP contribution in [-0.2, 0) is 10.0 Å². The van der Waals surface area contributed by atoms with E-state index in [-0.39, 0.29) is 5.91 Å². The highest BCUT2D eigenvalue weighted by Gasteiger charge is 2.31. The standard InChI is InChI=1S/C21H27N3O3S/c1-16-8-9-20(17(2)14-16)28(26,27)24-12-10-23(11-13-24)21(25)18-6-5-7-19(15-18)22(3)4/h5-9,14-15H,10-13H2,1-4H3. The van der Waals surface area contributed by atoms with Crippen molar-refractivity contribution in [1.29, 1.82) is 0 Å². The van der Waals surface area contributed by atoms with Gasteiger partial charge in [0.05, 0.1) is 4.90 Å². The molecule has 0 bridgehead atoms. The molecule has 0 saturated carbocycles. The van der Waals surface area contributed by atoms with E-state index in [9.17, 15) is 13.2 Å². The maximum atomic E-state index is 13.0. The van der Waals surface area contributed by atoms with E-state index >= 15 is 0 Å². The second-order valence-corrected chi connectivity index (χ2v) is 9.32. The normalized spacial score (nSPS) is 15.5. The van der Waals surface area contributed by atoms with Gasteiger partial charge in [0.15, 0.2) is 0 Å². The number of hydrogen-bond donors (Lipinski definition) is 0. The molecule has 7 heteroatoms. The molecule has 0 unspecified atom stereocenters. The molecule has 28 heavy (non-hydrogen) atoms. The fourth-order valence-corrected chi connectivity index (χ4v) is 5.09. The van der Waals surface area contributed by atoms with Crippen molar-refractivity contribution in [2.24, 2.45) is 0 Å². The van der Waals surface area contributed by atoms with E-state index in [0.717, 1.165) is 16.8 Å². The molecule has 1 aliphatic rings. The second-order valence-electron chi connectivity index (χ2n) is 7.41. The number of benzene rings is 2. The quantitative estimate of drug-likeness (QED) is 0.790. The van der Waals surface area contributed by atoms with Crippen LogP contribution in [0.2, 0.25) is 0 Å². The molecule has 1 fully saturated rings. The first-order valence-corrected chi connectivity index (χ1v) is 10.8. The van der Waals surface area contributed by atoms with Crippen molar-refractivity contribution in [2.45, 2.75) is 18.7 Å². The van der Waals surface area contributed by atoms with Gasteiger partial charge in [-0.15, -0.1) is 0 Å². The zero-order chi connectivity index (χ0) is 20.5. The van der Waals surface area contributed by atoms with Crippen LogP contribution >= 0.6 is 0 Å². The molecule has 0 atom stereocenters. The lowest BCUT2D eigenvalue weighted by Gasteiger charge is -2.34. The summed E-state index contributed by atoms with van der Waals surface area (Å²) in [6, 6.07) is 12.8. The summed E-state index contributed by atoms with van der Waals surface area (Å²) in [5.41, 5.74) is 3.37. The van der Waals surface area contributed by atoms with Crippen molar-refractivity contribution in [1.82, 2.24) is 9.21 Å². The maximum absolute atomic E-state index is 13.0. The SMILES string of the molecule is Cc1ccc(S(=O)(=O)N2CCN(C(=O)c3cccc(N(C)C)c3)CC2)c(C)c1. The minimum absolute atomic E-state index is 0.0627. The topological polar surface area (TPSA) is 60.9 Å². The number of carbonyl (C=O) groups excluding carboxylic acids is 1. The van der Waals surface area contributed by atoms with Crippen molar-refractivity contribution in [3.63, 3.8) is 0 Å². The molecular weight excluding hydrogens is 374 g/mol. The number of rotatable bonds is 4. The molecule has 0 radical (unpaired) electrons. The Morgan fingerprint density at radius 2 is 1.64 bits per heavy atom. The Hall–Kier alpha value is -2.38. The minimum atomic E-state index is -3.55. The molecule has 0 aromatic heterocycles. The monoisotopic (exact) mass is 401 g/mol. The summed E-state index contributed by atoms with van der Waals surface area (Å²) >= 11 is 0. The first-order valence-electron chi connectivity index (χ1n) is 9.34. The van der Waals surface area contributed by atoms with Crippen LogP contribution in [0.3, 0.4) is 0 Å². The Balaban J connectivity index is 1.72. The molecule has 2 aromatic carbocycles. The van der Waals surface area contributed by atoms with Crippen LogP contribution in [0.15, 0.2) is 47.4 Å². The molecule has 6 nitrogen and oxygen atoms in total. The third-order valence-corrected chi connectivity index (χ3v) is 7.14. The van der Waals surface area contributed by atoms with Crippen LogP contribution < -0.4 is 4.90 Å². The van der Waals surface area contributed by atoms with Crippen LogP contribution in [0.25, 0.3) is 0 Å². The highest BCUT2D eigenvalue weighted by atomic mass is 32.2. The summed E-state index contributed by atoms with van der Waals surface area (Å²) in [6.07, 6.45) is 0. The molecule has 0 spiro atoms. The Bertz CT molecular complexity index is 978. The van der Waals surface area contributed by atoms with Crippen LogP contribution in [0.4, 0.5) is 5.69 Å². The third kappa shape index (κ3) is 4.05. The van der Waals surface area contributed by atoms with Gasteiger partial charge in [0, 0.05) is 51.5 Å². The Morgan fingerprint density at radius 3 is 2.25 bits per heavy atom. The Morgan fingerprint density at radius 1 is 0.964 bits per heavy atom. The summed E-state index contributed by atoms with van der Waals surface area (Å²) in [5, 5.41) is 0. The lowest BCUT2D eigenvalue weighted by atomic mass is 10.1. The van der Waals surface area contributed by atoms with Gasteiger partial charge in [-0.3, -0.25) is 4.79 Å². The Kier molecular flexibility index (Phi) is 5.76. The zero-order valence-electron chi connectivity index (χ0n) is 16.8. The number of amides is 1. The van der Waals surface area contributed by atoms with Crippen molar-refractivity contribution in [2.75, 3.05) is 45.2 Å². The lowest BCUT2D eigenvalue weighted by molar-refractivity contribution is 0.0698. The summed E-state index contributed by atoms with van der Waals surface area (Å²) in [4.78, 5) is 16.9. The van der Waals surface area contributed by atoms with E-state index in [0.29, 0.717) is 36.6 Å². The van der Waals surface area contributed by atoms with E-state index in [1.165, 1.54) is 4.31 Å². The zero-order valence-corrected chi connectivity index (χ0v) is 17.7. The largest absolute Gasteiger partial charge is 0.378 e. The summed E-state index contributed by atoms with van der Waals surface area (Å²) < 4.78 is 27.5. The van der Waals surface area contributed by atoms with Gasteiger partial charge in [0.1, 0.15) is 0 Å². The van der Waals surface area contributed by atoms with E-state index in [1.54, 1.807) is 17.0 Å². The highest BCUT2D eigenvalue weighted by Crippen LogP contribution is 2.23. The van der Waals surface area contributed by atoms with Gasteiger partial charge in [0.25, 0.3) is 5.91 Å². The third-order valence-electron chi connectivity index (χ3n) is 5.08. The fourth-order valence-electron chi connectivity index (χ4n) is 3.46. The predicted molar refractivity (Wildman–Crippen MR) is 111 cm³/mol. The van der Waals surface area contributed by atoms with E-state index < -0.39 is 10.0 Å². The molecule has 1 saturated heterocycles. The molecular formula is C21H27N3O3S. The molecule has 3 rings (SSSR count). The van der Waals surface area contributed by atoms with Gasteiger partial charge in [0.2, 0.25) is 10.0 Å². The first kappa shape index (κ1) is 20.4. The molecule has 0 N–H and O–H groups in total. The maximum Gasteiger partial charge on any atom is 0.254 e. The molecule has 1 heterocycles. The van der Waals surface area contributed by atoms with E-state index in [2.05, 4.69) is 0 Å². The van der Waals surface area contributed by atoms with Crippen LogP contribution in [0.5, 0.6) is 0 Å². The van der Waals surface area contributed by atoms with Crippen molar-refractivity contribution in [3.8, 4) is 0 Å². The van der Waals surface area contributed by atoms with Gasteiger partial charge in [-0.05, 0) is 43.7 Å². The lowest BCUT2D eigenvalue weighted by Crippen LogP contribution is -2.50. The number of carbonyl (C=O) groups is 1. The van der Waals surface area contributed by atoms with E-state index in [4.69, 9.17) is 0 Å². The average molecular weight is 402 g/mol. The molecule has 2 aromatic rings. The van der Waals surface area contributed by atoms with Gasteiger partial charge in [-0.1, -0.05) is 23.8 Å². The van der Waals surface area contributed by atoms with Gasteiger partial charge in [-0.2, -0.15) is 4.31 Å². The highest BCUT2D eigenvalue weighted by molar-refractivity contribution is 7.89. The number of aryl methyl sites for hydroxylation is 2. The first-order chi connectivity index (χ1) is 13.2. The van der Waals surface area contributed by atoms with Crippen molar-refractivity contribution < 1.29 is 13.2 Å². The van der Waals surface area contributed by atoms with Crippen LogP contribution in [-0.4, -0.2) is 63.8 Å². The molecule has 0 aliphatic carbocycles. The summed E-state index contributed by atoms with van der Waals surface area (Å²) in [7, 11) is 0.309. The summed E-state index contributed by atoms with van der Waals surface area (Å²) in [6.45, 7) is 5.13. The number of hydrogen-bond acceptors (Lipinski definition) is 4. The molecule has 1 aliphatic heterocycles.